The molecule has 0 bridgehead atoms. The predicted molar refractivity (Wildman–Crippen MR) is 175 cm³/mol. The molecule has 7 heteroatoms. The number of benzene rings is 2. The Morgan fingerprint density at radius 1 is 0.976 bits per heavy atom. The highest BCUT2D eigenvalue weighted by Crippen LogP contribution is 2.43. The van der Waals surface area contributed by atoms with Crippen LogP contribution < -0.4 is 5.32 Å². The van der Waals surface area contributed by atoms with Gasteiger partial charge in [-0.2, -0.15) is 0 Å². The molecule has 2 amide bonds. The molecule has 1 aliphatic carbocycles. The van der Waals surface area contributed by atoms with Crippen LogP contribution in [0.2, 0.25) is 0 Å². The van der Waals surface area contributed by atoms with Crippen molar-refractivity contribution in [2.24, 2.45) is 0 Å². The molecule has 2 aliphatic heterocycles. The van der Waals surface area contributed by atoms with E-state index in [4.69, 9.17) is 0 Å². The van der Waals surface area contributed by atoms with Crippen LogP contribution in [0.25, 0.3) is 6.08 Å². The molecular weight excluding hydrogens is 540 g/mol. The predicted octanol–water partition coefficient (Wildman–Crippen LogP) is 5.88. The number of hydrogen-bond donors (Lipinski definition) is 1. The number of hydrogen-bond acceptors (Lipinski definition) is 5. The number of thioether (sulfide) groups is 1. The van der Waals surface area contributed by atoms with Crippen molar-refractivity contribution in [2.45, 2.75) is 77.1 Å². The molecule has 2 heterocycles. The highest BCUT2D eigenvalue weighted by Gasteiger charge is 2.40. The standard InChI is InChI=1S/C35H48N4O2S/c1-4-17-37-19-21-38(22-20-37)18-7-16-36-34(40)29-14-12-28(13-15-29)24-33-35(41)39(31-8-5-6-9-32(31)42-33)25-30-23-26(2)10-11-27(30)3/h10-15,23-24,31-32H,4-9,16-22,25H2,1-3H3,(H,36,40)/b33-24+. The smallest absolute Gasteiger partial charge is 0.260 e. The molecule has 0 radical (unpaired) electrons. The van der Waals surface area contributed by atoms with Crippen LogP contribution in [0, 0.1) is 13.8 Å². The lowest BCUT2D eigenvalue weighted by molar-refractivity contribution is -0.130. The second kappa shape index (κ2) is 14.7. The van der Waals surface area contributed by atoms with Crippen LogP contribution in [0.5, 0.6) is 0 Å². The first-order valence-electron chi connectivity index (χ1n) is 16.0. The maximum absolute atomic E-state index is 13.8. The van der Waals surface area contributed by atoms with E-state index in [9.17, 15) is 9.59 Å². The summed E-state index contributed by atoms with van der Waals surface area (Å²) in [5, 5.41) is 3.53. The van der Waals surface area contributed by atoms with Gasteiger partial charge in [0.15, 0.2) is 0 Å². The fraction of sp³-hybridized carbons (Fsp3) is 0.543. The summed E-state index contributed by atoms with van der Waals surface area (Å²) in [6.07, 6.45) is 8.86. The number of aryl methyl sites for hydroxylation is 2. The van der Waals surface area contributed by atoms with E-state index in [1.54, 1.807) is 11.8 Å². The molecule has 3 aliphatic rings. The second-order valence-electron chi connectivity index (χ2n) is 12.3. The minimum atomic E-state index is -0.0326. The van der Waals surface area contributed by atoms with Gasteiger partial charge in [0.1, 0.15) is 0 Å². The van der Waals surface area contributed by atoms with Crippen LogP contribution in [-0.4, -0.2) is 83.6 Å². The molecule has 0 spiro atoms. The molecule has 2 aromatic rings. The van der Waals surface area contributed by atoms with Crippen molar-refractivity contribution in [1.82, 2.24) is 20.0 Å². The van der Waals surface area contributed by atoms with E-state index in [0.717, 1.165) is 62.5 Å². The number of carbonyl (C=O) groups excluding carboxylic acids is 2. The number of piperazine rings is 1. The SMILES string of the molecule is CCCN1CCN(CCCNC(=O)c2ccc(/C=C3/SC4CCCCC4N(Cc4cc(C)ccc4C)C3=O)cc2)CC1. The number of nitrogens with zero attached hydrogens (tertiary/aromatic N) is 3. The Hall–Kier alpha value is -2.61. The van der Waals surface area contributed by atoms with Crippen LogP contribution in [-0.2, 0) is 11.3 Å². The van der Waals surface area contributed by atoms with E-state index in [1.807, 2.05) is 30.3 Å². The Labute approximate surface area is 256 Å². The normalized spacial score (nSPS) is 22.8. The van der Waals surface area contributed by atoms with Gasteiger partial charge in [-0.15, -0.1) is 11.8 Å². The minimum absolute atomic E-state index is 0.0326. The lowest BCUT2D eigenvalue weighted by atomic mass is 9.92. The van der Waals surface area contributed by atoms with Crippen molar-refractivity contribution >= 4 is 29.7 Å². The summed E-state index contributed by atoms with van der Waals surface area (Å²) in [5.41, 5.74) is 5.34. The van der Waals surface area contributed by atoms with Crippen molar-refractivity contribution in [3.05, 3.63) is 75.2 Å². The van der Waals surface area contributed by atoms with Crippen LogP contribution in [0.1, 0.15) is 78.1 Å². The molecule has 0 aromatic heterocycles. The Bertz CT molecular complexity index is 1250. The summed E-state index contributed by atoms with van der Waals surface area (Å²) >= 11 is 1.76. The van der Waals surface area contributed by atoms with E-state index >= 15 is 0 Å². The van der Waals surface area contributed by atoms with E-state index in [0.29, 0.717) is 29.9 Å². The third-order valence-electron chi connectivity index (χ3n) is 9.08. The fourth-order valence-electron chi connectivity index (χ4n) is 6.56. The van der Waals surface area contributed by atoms with Crippen molar-refractivity contribution in [2.75, 3.05) is 45.8 Å². The van der Waals surface area contributed by atoms with Gasteiger partial charge in [0.05, 0.1) is 4.91 Å². The lowest BCUT2D eigenvalue weighted by Gasteiger charge is -2.44. The number of nitrogens with one attached hydrogen (secondary N) is 1. The monoisotopic (exact) mass is 588 g/mol. The zero-order valence-corrected chi connectivity index (χ0v) is 26.6. The first-order valence-corrected chi connectivity index (χ1v) is 16.9. The van der Waals surface area contributed by atoms with Crippen molar-refractivity contribution < 1.29 is 9.59 Å². The van der Waals surface area contributed by atoms with Crippen LogP contribution in [0.4, 0.5) is 0 Å². The van der Waals surface area contributed by atoms with Gasteiger partial charge in [-0.3, -0.25) is 9.59 Å². The Morgan fingerprint density at radius 3 is 2.43 bits per heavy atom. The summed E-state index contributed by atoms with van der Waals surface area (Å²) in [7, 11) is 0. The highest BCUT2D eigenvalue weighted by atomic mass is 32.2. The number of carbonyl (C=O) groups is 2. The maximum Gasteiger partial charge on any atom is 0.260 e. The largest absolute Gasteiger partial charge is 0.352 e. The third kappa shape index (κ3) is 7.86. The molecule has 42 heavy (non-hydrogen) atoms. The zero-order valence-electron chi connectivity index (χ0n) is 25.7. The highest BCUT2D eigenvalue weighted by molar-refractivity contribution is 8.04. The van der Waals surface area contributed by atoms with Gasteiger partial charge >= 0.3 is 0 Å². The van der Waals surface area contributed by atoms with Crippen molar-refractivity contribution in [1.29, 1.82) is 0 Å². The lowest BCUT2D eigenvalue weighted by Crippen LogP contribution is -2.50. The van der Waals surface area contributed by atoms with Crippen molar-refractivity contribution in [3.63, 3.8) is 0 Å². The number of fused-ring (bicyclic) bond motifs is 1. The van der Waals surface area contributed by atoms with E-state index in [2.05, 4.69) is 59.0 Å². The topological polar surface area (TPSA) is 55.9 Å². The average Bonchev–Trinajstić information content (AvgIpc) is 3.00. The summed E-state index contributed by atoms with van der Waals surface area (Å²) in [4.78, 5) is 34.6. The molecule has 2 unspecified atom stereocenters. The van der Waals surface area contributed by atoms with Crippen LogP contribution in [0.15, 0.2) is 47.4 Å². The zero-order chi connectivity index (χ0) is 29.5. The molecule has 1 N–H and O–H groups in total. The Morgan fingerprint density at radius 2 is 1.69 bits per heavy atom. The van der Waals surface area contributed by atoms with Crippen molar-refractivity contribution in [3.8, 4) is 0 Å². The van der Waals surface area contributed by atoms with Gasteiger partial charge in [0, 0.05) is 56.1 Å². The van der Waals surface area contributed by atoms with E-state index in [1.165, 1.54) is 42.5 Å². The third-order valence-corrected chi connectivity index (χ3v) is 10.5. The molecule has 6 nitrogen and oxygen atoms in total. The Kier molecular flexibility index (Phi) is 10.8. The quantitative estimate of drug-likeness (QED) is 0.278. The van der Waals surface area contributed by atoms with E-state index in [-0.39, 0.29) is 11.8 Å². The Balaban J connectivity index is 1.17. The molecule has 226 valence electrons. The summed E-state index contributed by atoms with van der Waals surface area (Å²) in [6.45, 7) is 14.6. The van der Waals surface area contributed by atoms with E-state index < -0.39 is 0 Å². The molecule has 2 saturated heterocycles. The molecular formula is C35H48N4O2S. The minimum Gasteiger partial charge on any atom is -0.352 e. The summed E-state index contributed by atoms with van der Waals surface area (Å²) < 4.78 is 0. The average molecular weight is 589 g/mol. The van der Waals surface area contributed by atoms with Gasteiger partial charge in [-0.05, 0) is 87.5 Å². The first-order chi connectivity index (χ1) is 20.4. The maximum atomic E-state index is 13.8. The van der Waals surface area contributed by atoms with Crippen LogP contribution in [0.3, 0.4) is 0 Å². The van der Waals surface area contributed by atoms with Gasteiger partial charge < -0.3 is 20.0 Å². The molecule has 1 saturated carbocycles. The summed E-state index contributed by atoms with van der Waals surface area (Å²) in [5.74, 6) is 0.104. The molecule has 5 rings (SSSR count). The molecule has 2 atom stereocenters. The summed E-state index contributed by atoms with van der Waals surface area (Å²) in [6, 6.07) is 14.5. The number of amides is 2. The van der Waals surface area contributed by atoms with Gasteiger partial charge in [-0.1, -0.05) is 55.7 Å². The van der Waals surface area contributed by atoms with Gasteiger partial charge in [0.2, 0.25) is 0 Å². The molecule has 3 fully saturated rings. The molecule has 2 aromatic carbocycles. The van der Waals surface area contributed by atoms with Gasteiger partial charge in [-0.25, -0.2) is 0 Å². The number of rotatable bonds is 10. The van der Waals surface area contributed by atoms with Crippen LogP contribution >= 0.6 is 11.8 Å². The fourth-order valence-corrected chi connectivity index (χ4v) is 8.03. The first kappa shape index (κ1) is 30.8. The van der Waals surface area contributed by atoms with Gasteiger partial charge in [0.25, 0.3) is 11.8 Å². The second-order valence-corrected chi connectivity index (χ2v) is 13.6.